The van der Waals surface area contributed by atoms with Crippen LogP contribution in [0, 0.1) is 10.1 Å². The van der Waals surface area contributed by atoms with Gasteiger partial charge in [-0.3, -0.25) is 15.1 Å². The van der Waals surface area contributed by atoms with Gasteiger partial charge >= 0.3 is 0 Å². The lowest BCUT2D eigenvalue weighted by Gasteiger charge is -2.00. The lowest BCUT2D eigenvalue weighted by molar-refractivity contribution is -0.384. The topological polar surface area (TPSA) is 99.3 Å². The fraction of sp³-hybridized carbons (Fsp3) is 0.0556. The van der Waals surface area contributed by atoms with Crippen molar-refractivity contribution in [3.8, 4) is 16.9 Å². The van der Waals surface area contributed by atoms with E-state index in [4.69, 9.17) is 18.0 Å². The normalized spacial score (nSPS) is 10.9. The molecule has 0 aliphatic rings. The zero-order chi connectivity index (χ0) is 18.5. The Morgan fingerprint density at radius 3 is 2.73 bits per heavy atom. The van der Waals surface area contributed by atoms with E-state index in [-0.39, 0.29) is 17.2 Å². The number of aliphatic imine (C=N–C) groups is 1. The summed E-state index contributed by atoms with van der Waals surface area (Å²) in [7, 11) is 0. The SMILES string of the molecule is NC(=S)CN=Cc1cn(-c2ccccc2)nc1-c1cccc([N+](=O)[O-])c1. The third-order valence-corrected chi connectivity index (χ3v) is 3.70. The van der Waals surface area contributed by atoms with Gasteiger partial charge < -0.3 is 5.73 Å². The maximum absolute atomic E-state index is 11.1. The summed E-state index contributed by atoms with van der Waals surface area (Å²) >= 11 is 4.83. The number of non-ortho nitro benzene ring substituents is 1. The average Bonchev–Trinajstić information content (AvgIpc) is 3.06. The quantitative estimate of drug-likeness (QED) is 0.313. The summed E-state index contributed by atoms with van der Waals surface area (Å²) in [6, 6.07) is 15.9. The number of hydrogen-bond donors (Lipinski definition) is 1. The second-order valence-corrected chi connectivity index (χ2v) is 5.98. The van der Waals surface area contributed by atoms with Crippen LogP contribution in [0.4, 0.5) is 5.69 Å². The number of nitrogens with zero attached hydrogens (tertiary/aromatic N) is 4. The first kappa shape index (κ1) is 17.4. The third-order valence-electron chi connectivity index (χ3n) is 3.57. The highest BCUT2D eigenvalue weighted by molar-refractivity contribution is 7.80. The summed E-state index contributed by atoms with van der Waals surface area (Å²) < 4.78 is 1.70. The molecular weight excluding hydrogens is 350 g/mol. The van der Waals surface area contributed by atoms with Crippen LogP contribution in [0.15, 0.2) is 65.8 Å². The van der Waals surface area contributed by atoms with Crippen molar-refractivity contribution in [2.45, 2.75) is 0 Å². The first-order chi connectivity index (χ1) is 12.5. The monoisotopic (exact) mass is 365 g/mol. The third kappa shape index (κ3) is 3.98. The second-order valence-electron chi connectivity index (χ2n) is 5.46. The van der Waals surface area contributed by atoms with Gasteiger partial charge in [0.05, 0.1) is 22.1 Å². The molecule has 1 heterocycles. The first-order valence-electron chi connectivity index (χ1n) is 7.72. The zero-order valence-electron chi connectivity index (χ0n) is 13.6. The van der Waals surface area contributed by atoms with Crippen LogP contribution in [0.1, 0.15) is 5.56 Å². The lowest BCUT2D eigenvalue weighted by Crippen LogP contribution is -2.11. The molecule has 0 radical (unpaired) electrons. The molecular formula is C18H15N5O2S. The van der Waals surface area contributed by atoms with Crippen LogP contribution in [-0.2, 0) is 0 Å². The van der Waals surface area contributed by atoms with Crippen LogP contribution >= 0.6 is 12.2 Å². The Morgan fingerprint density at radius 2 is 2.04 bits per heavy atom. The molecule has 3 aromatic rings. The van der Waals surface area contributed by atoms with Crippen LogP contribution in [-0.4, -0.2) is 32.5 Å². The molecule has 3 rings (SSSR count). The molecule has 8 heteroatoms. The van der Waals surface area contributed by atoms with Gasteiger partial charge in [-0.05, 0) is 12.1 Å². The van der Waals surface area contributed by atoms with E-state index < -0.39 is 4.92 Å². The summed E-state index contributed by atoms with van der Waals surface area (Å²) in [5, 5.41) is 15.7. The summed E-state index contributed by atoms with van der Waals surface area (Å²) in [6.45, 7) is 0.222. The van der Waals surface area contributed by atoms with Crippen LogP contribution < -0.4 is 5.73 Å². The minimum atomic E-state index is -0.432. The van der Waals surface area contributed by atoms with Crippen LogP contribution in [0.2, 0.25) is 0 Å². The highest BCUT2D eigenvalue weighted by Gasteiger charge is 2.14. The maximum Gasteiger partial charge on any atom is 0.270 e. The largest absolute Gasteiger partial charge is 0.392 e. The van der Waals surface area contributed by atoms with Gasteiger partial charge in [-0.2, -0.15) is 5.10 Å². The number of rotatable bonds is 6. The summed E-state index contributed by atoms with van der Waals surface area (Å²) in [5.74, 6) is 0. The van der Waals surface area contributed by atoms with Crippen LogP contribution in [0.3, 0.4) is 0 Å². The Kier molecular flexibility index (Phi) is 5.14. The fourth-order valence-electron chi connectivity index (χ4n) is 2.42. The molecule has 2 aromatic carbocycles. The molecule has 0 amide bonds. The summed E-state index contributed by atoms with van der Waals surface area (Å²) in [6.07, 6.45) is 3.44. The molecule has 2 N–H and O–H groups in total. The molecule has 26 heavy (non-hydrogen) atoms. The van der Waals surface area contributed by atoms with Gasteiger partial charge in [0.25, 0.3) is 5.69 Å². The fourth-order valence-corrected chi connectivity index (χ4v) is 2.49. The average molecular weight is 365 g/mol. The smallest absolute Gasteiger partial charge is 0.270 e. The second kappa shape index (κ2) is 7.66. The van der Waals surface area contributed by atoms with Crippen LogP contribution in [0.5, 0.6) is 0 Å². The highest BCUT2D eigenvalue weighted by atomic mass is 32.1. The number of hydrogen-bond acceptors (Lipinski definition) is 5. The Labute approximate surface area is 154 Å². The van der Waals surface area contributed by atoms with E-state index in [0.29, 0.717) is 16.8 Å². The van der Waals surface area contributed by atoms with Crippen molar-refractivity contribution in [1.82, 2.24) is 9.78 Å². The van der Waals surface area contributed by atoms with Gasteiger partial charge in [0.1, 0.15) is 5.69 Å². The van der Waals surface area contributed by atoms with E-state index in [1.165, 1.54) is 12.1 Å². The van der Waals surface area contributed by atoms with Crippen molar-refractivity contribution in [1.29, 1.82) is 0 Å². The molecule has 0 spiro atoms. The molecule has 0 fully saturated rings. The first-order valence-corrected chi connectivity index (χ1v) is 8.13. The predicted molar refractivity (Wildman–Crippen MR) is 105 cm³/mol. The number of nitrogens with two attached hydrogens (primary N) is 1. The van der Waals surface area contributed by atoms with Crippen LogP contribution in [0.25, 0.3) is 16.9 Å². The Balaban J connectivity index is 2.08. The van der Waals surface area contributed by atoms with E-state index in [2.05, 4.69) is 10.1 Å². The number of para-hydroxylation sites is 1. The van der Waals surface area contributed by atoms with Crippen molar-refractivity contribution in [3.63, 3.8) is 0 Å². The van der Waals surface area contributed by atoms with Gasteiger partial charge in [-0.1, -0.05) is 42.5 Å². The van der Waals surface area contributed by atoms with Gasteiger partial charge in [0, 0.05) is 35.7 Å². The summed E-state index contributed by atoms with van der Waals surface area (Å²) in [4.78, 5) is 15.1. The van der Waals surface area contributed by atoms with Crippen molar-refractivity contribution < 1.29 is 4.92 Å². The molecule has 0 unspecified atom stereocenters. The van der Waals surface area contributed by atoms with Gasteiger partial charge in [-0.15, -0.1) is 0 Å². The number of benzene rings is 2. The van der Waals surface area contributed by atoms with Crippen molar-refractivity contribution in [2.24, 2.45) is 10.7 Å². The lowest BCUT2D eigenvalue weighted by atomic mass is 10.1. The summed E-state index contributed by atoms with van der Waals surface area (Å²) in [5.41, 5.74) is 8.28. The Morgan fingerprint density at radius 1 is 1.27 bits per heavy atom. The number of nitro groups is 1. The molecule has 0 bridgehead atoms. The Bertz CT molecular complexity index is 982. The molecule has 0 saturated heterocycles. The molecule has 0 aliphatic carbocycles. The van der Waals surface area contributed by atoms with Gasteiger partial charge in [0.2, 0.25) is 0 Å². The van der Waals surface area contributed by atoms with E-state index >= 15 is 0 Å². The molecule has 1 aromatic heterocycles. The van der Waals surface area contributed by atoms with Crippen molar-refractivity contribution in [2.75, 3.05) is 6.54 Å². The van der Waals surface area contributed by atoms with E-state index in [9.17, 15) is 10.1 Å². The Hall–Kier alpha value is -3.39. The molecule has 130 valence electrons. The van der Waals surface area contributed by atoms with E-state index in [1.807, 2.05) is 36.5 Å². The zero-order valence-corrected chi connectivity index (χ0v) is 14.5. The number of aromatic nitrogens is 2. The number of thiocarbonyl (C=S) groups is 1. The highest BCUT2D eigenvalue weighted by Crippen LogP contribution is 2.26. The minimum absolute atomic E-state index is 0.00258. The van der Waals surface area contributed by atoms with Gasteiger partial charge in [0.15, 0.2) is 0 Å². The van der Waals surface area contributed by atoms with E-state index in [1.54, 1.807) is 23.0 Å². The molecule has 0 saturated carbocycles. The standard InChI is InChI=1S/C18H15N5O2S/c19-17(26)11-20-10-14-12-22(15-6-2-1-3-7-15)21-18(14)13-5-4-8-16(9-13)23(24)25/h1-10,12H,11H2,(H2,19,26). The molecule has 0 aliphatic heterocycles. The number of nitro benzene ring substituents is 1. The van der Waals surface area contributed by atoms with Crippen molar-refractivity contribution in [3.05, 3.63) is 76.5 Å². The minimum Gasteiger partial charge on any atom is -0.392 e. The van der Waals surface area contributed by atoms with E-state index in [0.717, 1.165) is 5.69 Å². The van der Waals surface area contributed by atoms with Crippen molar-refractivity contribution >= 4 is 29.1 Å². The molecule has 7 nitrogen and oxygen atoms in total. The maximum atomic E-state index is 11.1. The van der Waals surface area contributed by atoms with Gasteiger partial charge in [-0.25, -0.2) is 4.68 Å². The predicted octanol–water partition coefficient (Wildman–Crippen LogP) is 3.15. The molecule has 0 atom stereocenters.